The van der Waals surface area contributed by atoms with Gasteiger partial charge in [0.05, 0.1) is 17.0 Å². The molecule has 0 unspecified atom stereocenters. The fourth-order valence-corrected chi connectivity index (χ4v) is 2.39. The molecule has 2 N–H and O–H groups in total. The summed E-state index contributed by atoms with van der Waals surface area (Å²) in [6.07, 6.45) is 0. The molecule has 0 bridgehead atoms. The van der Waals surface area contributed by atoms with Crippen LogP contribution in [0, 0.1) is 0 Å². The van der Waals surface area contributed by atoms with Crippen molar-refractivity contribution in [3.63, 3.8) is 0 Å². The van der Waals surface area contributed by atoms with E-state index in [0.29, 0.717) is 11.3 Å². The smallest absolute Gasteiger partial charge is 0.273 e. The van der Waals surface area contributed by atoms with E-state index in [2.05, 4.69) is 41.3 Å². The predicted molar refractivity (Wildman–Crippen MR) is 78.8 cm³/mol. The maximum Gasteiger partial charge on any atom is 0.273 e. The second kappa shape index (κ2) is 5.13. The Balaban J connectivity index is 2.45. The summed E-state index contributed by atoms with van der Waals surface area (Å²) in [6, 6.07) is 1.82. The lowest BCUT2D eigenvalue weighted by molar-refractivity contribution is 0.557. The van der Waals surface area contributed by atoms with Crippen LogP contribution in [0.4, 0.5) is 5.13 Å². The van der Waals surface area contributed by atoms with Gasteiger partial charge in [0.1, 0.15) is 0 Å². The van der Waals surface area contributed by atoms with E-state index in [1.165, 1.54) is 11.3 Å². The second-order valence-corrected chi connectivity index (χ2v) is 6.17. The van der Waals surface area contributed by atoms with Crippen LogP contribution < -0.4 is 10.9 Å². The second-order valence-electron chi connectivity index (χ2n) is 5.31. The van der Waals surface area contributed by atoms with Crippen molar-refractivity contribution in [3.05, 3.63) is 27.5 Å². The molecule has 0 spiro atoms. The fraction of sp³-hybridized carbons (Fsp3) is 0.462. The zero-order valence-electron chi connectivity index (χ0n) is 11.6. The quantitative estimate of drug-likeness (QED) is 0.905. The summed E-state index contributed by atoms with van der Waals surface area (Å²) in [5.74, 6) is 0. The van der Waals surface area contributed by atoms with Crippen LogP contribution in [0.25, 0.3) is 11.3 Å². The molecule has 0 aliphatic rings. The summed E-state index contributed by atoms with van der Waals surface area (Å²) in [7, 11) is 0. The Morgan fingerprint density at radius 2 is 2.16 bits per heavy atom. The van der Waals surface area contributed by atoms with Crippen molar-refractivity contribution in [2.24, 2.45) is 0 Å². The molecule has 2 heterocycles. The zero-order chi connectivity index (χ0) is 14.0. The molecule has 0 aliphatic carbocycles. The number of hydrogen-bond donors (Lipinski definition) is 2. The molecule has 0 aliphatic heterocycles. The van der Waals surface area contributed by atoms with Gasteiger partial charge in [0.2, 0.25) is 0 Å². The molecule has 0 radical (unpaired) electrons. The normalized spacial score (nSPS) is 11.6. The summed E-state index contributed by atoms with van der Waals surface area (Å²) < 4.78 is 0. The topological polar surface area (TPSA) is 70.7 Å². The van der Waals surface area contributed by atoms with Gasteiger partial charge >= 0.3 is 0 Å². The lowest BCUT2D eigenvalue weighted by Crippen LogP contribution is -2.20. The van der Waals surface area contributed by atoms with Crippen molar-refractivity contribution in [1.29, 1.82) is 0 Å². The summed E-state index contributed by atoms with van der Waals surface area (Å²) in [6.45, 7) is 9.00. The number of thiazole rings is 1. The third-order valence-corrected chi connectivity index (χ3v) is 3.48. The van der Waals surface area contributed by atoms with Crippen LogP contribution in [-0.4, -0.2) is 21.7 Å². The monoisotopic (exact) mass is 278 g/mol. The summed E-state index contributed by atoms with van der Waals surface area (Å²) in [5, 5.41) is 12.5. The highest BCUT2D eigenvalue weighted by Gasteiger charge is 2.18. The third kappa shape index (κ3) is 3.01. The van der Waals surface area contributed by atoms with Crippen LogP contribution in [-0.2, 0) is 5.41 Å². The number of nitrogens with one attached hydrogen (secondary N) is 2. The van der Waals surface area contributed by atoms with Gasteiger partial charge in [0.15, 0.2) is 5.13 Å². The molecule has 0 saturated carbocycles. The van der Waals surface area contributed by atoms with Crippen LogP contribution >= 0.6 is 11.3 Å². The first-order valence-electron chi connectivity index (χ1n) is 6.22. The van der Waals surface area contributed by atoms with Crippen molar-refractivity contribution in [2.45, 2.75) is 33.1 Å². The third-order valence-electron chi connectivity index (χ3n) is 2.68. The Bertz CT molecular complexity index is 624. The SMILES string of the molecule is CCNc1nc(-c2cc(C(C)(C)C)n[nH]c2=O)cs1. The average molecular weight is 278 g/mol. The molecule has 2 rings (SSSR count). The van der Waals surface area contributed by atoms with E-state index >= 15 is 0 Å². The van der Waals surface area contributed by atoms with Gasteiger partial charge in [0, 0.05) is 17.3 Å². The van der Waals surface area contributed by atoms with Crippen molar-refractivity contribution >= 4 is 16.5 Å². The van der Waals surface area contributed by atoms with Gasteiger partial charge in [-0.1, -0.05) is 20.8 Å². The molecular weight excluding hydrogens is 260 g/mol. The van der Waals surface area contributed by atoms with Crippen LogP contribution in [0.5, 0.6) is 0 Å². The number of aromatic amines is 1. The Morgan fingerprint density at radius 3 is 2.79 bits per heavy atom. The number of nitrogens with zero attached hydrogens (tertiary/aromatic N) is 2. The Morgan fingerprint density at radius 1 is 1.42 bits per heavy atom. The van der Waals surface area contributed by atoms with Crippen molar-refractivity contribution < 1.29 is 0 Å². The number of H-pyrrole nitrogens is 1. The molecule has 0 saturated heterocycles. The van der Waals surface area contributed by atoms with Crippen LogP contribution in [0.15, 0.2) is 16.2 Å². The van der Waals surface area contributed by atoms with Crippen molar-refractivity contribution in [1.82, 2.24) is 15.2 Å². The highest BCUT2D eigenvalue weighted by atomic mass is 32.1. The Hall–Kier alpha value is -1.69. The molecule has 5 nitrogen and oxygen atoms in total. The van der Waals surface area contributed by atoms with E-state index in [-0.39, 0.29) is 11.0 Å². The van der Waals surface area contributed by atoms with Crippen LogP contribution in [0.1, 0.15) is 33.4 Å². The zero-order valence-corrected chi connectivity index (χ0v) is 12.4. The van der Waals surface area contributed by atoms with E-state index in [0.717, 1.165) is 17.4 Å². The highest BCUT2D eigenvalue weighted by Crippen LogP contribution is 2.25. The van der Waals surface area contributed by atoms with E-state index in [4.69, 9.17) is 0 Å². The Kier molecular flexibility index (Phi) is 3.71. The molecule has 0 fully saturated rings. The van der Waals surface area contributed by atoms with Gasteiger partial charge in [-0.05, 0) is 13.0 Å². The van der Waals surface area contributed by atoms with Crippen LogP contribution in [0.3, 0.4) is 0 Å². The molecule has 2 aromatic rings. The minimum absolute atomic E-state index is 0.112. The molecular formula is C13H18N4OS. The number of rotatable bonds is 3. The maximum absolute atomic E-state index is 11.9. The first-order chi connectivity index (χ1) is 8.91. The minimum atomic E-state index is -0.207. The van der Waals surface area contributed by atoms with Gasteiger partial charge in [0.25, 0.3) is 5.56 Å². The summed E-state index contributed by atoms with van der Waals surface area (Å²) in [5.41, 5.74) is 1.79. The molecule has 0 atom stereocenters. The van der Waals surface area contributed by atoms with E-state index in [9.17, 15) is 4.79 Å². The molecule has 0 amide bonds. The first kappa shape index (κ1) is 13.7. The van der Waals surface area contributed by atoms with Crippen molar-refractivity contribution in [2.75, 3.05) is 11.9 Å². The summed E-state index contributed by atoms with van der Waals surface area (Å²) >= 11 is 1.50. The van der Waals surface area contributed by atoms with Gasteiger partial charge in [-0.3, -0.25) is 4.79 Å². The predicted octanol–water partition coefficient (Wildman–Crippen LogP) is 2.62. The van der Waals surface area contributed by atoms with Gasteiger partial charge in [-0.15, -0.1) is 11.3 Å². The molecule has 2 aromatic heterocycles. The highest BCUT2D eigenvalue weighted by molar-refractivity contribution is 7.14. The largest absolute Gasteiger partial charge is 0.362 e. The van der Waals surface area contributed by atoms with Gasteiger partial charge in [-0.25, -0.2) is 10.1 Å². The van der Waals surface area contributed by atoms with E-state index in [1.807, 2.05) is 18.4 Å². The molecule has 102 valence electrons. The first-order valence-corrected chi connectivity index (χ1v) is 7.09. The molecule has 0 aromatic carbocycles. The van der Waals surface area contributed by atoms with E-state index in [1.54, 1.807) is 0 Å². The number of hydrogen-bond acceptors (Lipinski definition) is 5. The number of anilines is 1. The lowest BCUT2D eigenvalue weighted by Gasteiger charge is -2.17. The van der Waals surface area contributed by atoms with E-state index < -0.39 is 0 Å². The van der Waals surface area contributed by atoms with Gasteiger partial charge in [-0.2, -0.15) is 5.10 Å². The summed E-state index contributed by atoms with van der Waals surface area (Å²) in [4.78, 5) is 16.3. The van der Waals surface area contributed by atoms with Crippen LogP contribution in [0.2, 0.25) is 0 Å². The Labute approximate surface area is 116 Å². The fourth-order valence-electron chi connectivity index (χ4n) is 1.61. The lowest BCUT2D eigenvalue weighted by atomic mass is 9.91. The average Bonchev–Trinajstić information content (AvgIpc) is 2.77. The van der Waals surface area contributed by atoms with Crippen molar-refractivity contribution in [3.8, 4) is 11.3 Å². The molecule has 19 heavy (non-hydrogen) atoms. The maximum atomic E-state index is 11.9. The molecule has 6 heteroatoms. The minimum Gasteiger partial charge on any atom is -0.362 e. The number of aromatic nitrogens is 3. The standard InChI is InChI=1S/C13H18N4OS/c1-5-14-12-15-9(7-19-12)8-6-10(13(2,3)4)16-17-11(8)18/h6-7H,5H2,1-4H3,(H,14,15)(H,17,18). The van der Waals surface area contributed by atoms with Gasteiger partial charge < -0.3 is 5.32 Å².